The van der Waals surface area contributed by atoms with Crippen molar-refractivity contribution < 1.29 is 4.74 Å². The van der Waals surface area contributed by atoms with Crippen molar-refractivity contribution in [2.75, 3.05) is 7.11 Å². The Morgan fingerprint density at radius 2 is 2.08 bits per heavy atom. The fourth-order valence-electron chi connectivity index (χ4n) is 0.698. The molecule has 0 radical (unpaired) electrons. The Balaban J connectivity index is 2.60. The van der Waals surface area contributed by atoms with E-state index in [9.17, 15) is 0 Å². The topological polar surface area (TPSA) is 33.0 Å². The molecule has 0 bridgehead atoms. The van der Waals surface area contributed by atoms with Crippen molar-refractivity contribution >= 4 is 24.0 Å². The molecular formula is C8H7NOSSe. The molecule has 0 saturated heterocycles. The van der Waals surface area contributed by atoms with Gasteiger partial charge in [0.2, 0.25) is 0 Å². The number of hydrogen-bond donors (Lipinski definition) is 0. The first-order valence-electron chi connectivity index (χ1n) is 3.23. The molecule has 0 fully saturated rings. The van der Waals surface area contributed by atoms with E-state index in [-0.39, 0.29) is 13.8 Å². The van der Waals surface area contributed by atoms with Gasteiger partial charge in [-0.3, -0.25) is 0 Å². The standard InChI is InChI=1S/C8H7NOSSe/c1-10-7-2-4-8(5-3-7)11-12-6-9/h2-5H,1H3. The Hall–Kier alpha value is -0.621. The van der Waals surface area contributed by atoms with Crippen LogP contribution in [0.2, 0.25) is 0 Å². The van der Waals surface area contributed by atoms with Gasteiger partial charge in [-0.25, -0.2) is 0 Å². The Kier molecular flexibility index (Phi) is 4.02. The molecule has 12 heavy (non-hydrogen) atoms. The zero-order valence-electron chi connectivity index (χ0n) is 6.48. The number of benzene rings is 1. The van der Waals surface area contributed by atoms with E-state index in [2.05, 4.69) is 4.97 Å². The van der Waals surface area contributed by atoms with Crippen LogP contribution in [0.3, 0.4) is 0 Å². The molecule has 4 heteroatoms. The second kappa shape index (κ2) is 5.10. The summed E-state index contributed by atoms with van der Waals surface area (Å²) < 4.78 is 5.00. The van der Waals surface area contributed by atoms with Gasteiger partial charge in [-0.15, -0.1) is 0 Å². The SMILES string of the molecule is COc1ccc(S[Se]C#N)cc1. The Morgan fingerprint density at radius 1 is 1.42 bits per heavy atom. The van der Waals surface area contributed by atoms with Gasteiger partial charge in [0.05, 0.1) is 0 Å². The molecule has 1 rings (SSSR count). The van der Waals surface area contributed by atoms with Gasteiger partial charge < -0.3 is 0 Å². The molecule has 0 aliphatic carbocycles. The summed E-state index contributed by atoms with van der Waals surface area (Å²) in [4.78, 5) is 3.26. The molecule has 0 aliphatic heterocycles. The van der Waals surface area contributed by atoms with Gasteiger partial charge in [-0.2, -0.15) is 0 Å². The number of nitriles is 1. The number of rotatable bonds is 3. The third-order valence-corrected chi connectivity index (χ3v) is 4.06. The molecule has 1 aromatic rings. The number of methoxy groups -OCH3 is 1. The third-order valence-electron chi connectivity index (χ3n) is 1.23. The molecule has 0 aliphatic rings. The van der Waals surface area contributed by atoms with Crippen LogP contribution in [0.4, 0.5) is 0 Å². The molecule has 1 aromatic carbocycles. The fourth-order valence-corrected chi connectivity index (χ4v) is 2.62. The molecule has 0 unspecified atom stereocenters. The van der Waals surface area contributed by atoms with Gasteiger partial charge >= 0.3 is 81.0 Å². The van der Waals surface area contributed by atoms with Crippen molar-refractivity contribution in [3.63, 3.8) is 0 Å². The molecule has 0 N–H and O–H groups in total. The average molecular weight is 244 g/mol. The van der Waals surface area contributed by atoms with Crippen LogP contribution < -0.4 is 4.74 Å². The normalized spacial score (nSPS) is 9.00. The molecule has 2 nitrogen and oxygen atoms in total. The Morgan fingerprint density at radius 3 is 2.58 bits per heavy atom. The number of ether oxygens (including phenoxy) is 1. The molecule has 0 aromatic heterocycles. The van der Waals surface area contributed by atoms with E-state index >= 15 is 0 Å². The van der Waals surface area contributed by atoms with Gasteiger partial charge in [0, 0.05) is 0 Å². The summed E-state index contributed by atoms with van der Waals surface area (Å²) in [6.45, 7) is 0. The van der Waals surface area contributed by atoms with Gasteiger partial charge in [-0.1, -0.05) is 0 Å². The van der Waals surface area contributed by atoms with Crippen LogP contribution in [0.25, 0.3) is 0 Å². The third kappa shape index (κ3) is 2.78. The van der Waals surface area contributed by atoms with E-state index < -0.39 is 0 Å². The maximum absolute atomic E-state index is 8.36. The van der Waals surface area contributed by atoms with Crippen molar-refractivity contribution in [3.8, 4) is 10.7 Å². The Labute approximate surface area is 81.1 Å². The monoisotopic (exact) mass is 245 g/mol. The molecule has 0 atom stereocenters. The van der Waals surface area contributed by atoms with E-state index in [1.807, 2.05) is 24.3 Å². The minimum absolute atomic E-state index is 0.00537. The molecule has 0 saturated carbocycles. The quantitative estimate of drug-likeness (QED) is 0.761. The average Bonchev–Trinajstić information content (AvgIpc) is 2.15. The van der Waals surface area contributed by atoms with Crippen molar-refractivity contribution in [3.05, 3.63) is 24.3 Å². The minimum atomic E-state index is -0.00537. The van der Waals surface area contributed by atoms with Crippen LogP contribution in [0.15, 0.2) is 29.2 Å². The van der Waals surface area contributed by atoms with E-state index in [1.165, 1.54) is 0 Å². The first-order chi connectivity index (χ1) is 5.86. The van der Waals surface area contributed by atoms with Gasteiger partial charge in [-0.05, 0) is 0 Å². The first kappa shape index (κ1) is 9.47. The van der Waals surface area contributed by atoms with Crippen LogP contribution in [0.5, 0.6) is 5.75 Å². The van der Waals surface area contributed by atoms with Crippen LogP contribution in [0.1, 0.15) is 0 Å². The van der Waals surface area contributed by atoms with Crippen molar-refractivity contribution in [1.29, 1.82) is 5.26 Å². The zero-order valence-corrected chi connectivity index (χ0v) is 9.01. The zero-order chi connectivity index (χ0) is 8.81. The summed E-state index contributed by atoms with van der Waals surface area (Å²) in [5.74, 6) is 0.851. The molecule has 0 heterocycles. The fraction of sp³-hybridized carbons (Fsp3) is 0.125. The van der Waals surface area contributed by atoms with Crippen LogP contribution in [-0.2, 0) is 0 Å². The molecule has 0 amide bonds. The first-order valence-corrected chi connectivity index (χ1v) is 6.93. The summed E-state index contributed by atoms with van der Waals surface area (Å²) in [6, 6.07) is 7.72. The van der Waals surface area contributed by atoms with Crippen molar-refractivity contribution in [1.82, 2.24) is 0 Å². The molecule has 62 valence electrons. The second-order valence-corrected chi connectivity index (χ2v) is 5.22. The summed E-state index contributed by atoms with van der Waals surface area (Å²) in [6.07, 6.45) is 0. The van der Waals surface area contributed by atoms with Gasteiger partial charge in [0.1, 0.15) is 0 Å². The summed E-state index contributed by atoms with van der Waals surface area (Å²) >= 11 is -0.00537. The Bertz CT molecular complexity index is 280. The van der Waals surface area contributed by atoms with E-state index in [0.717, 1.165) is 10.6 Å². The summed E-state index contributed by atoms with van der Waals surface area (Å²) in [5.41, 5.74) is 0. The molecule has 0 spiro atoms. The van der Waals surface area contributed by atoms with E-state index in [0.29, 0.717) is 0 Å². The van der Waals surface area contributed by atoms with Crippen LogP contribution >= 0.6 is 10.2 Å². The summed E-state index contributed by atoms with van der Waals surface area (Å²) in [5, 5.41) is 8.36. The second-order valence-electron chi connectivity index (χ2n) is 1.93. The van der Waals surface area contributed by atoms with Crippen LogP contribution in [0, 0.1) is 10.2 Å². The number of nitrogens with zero attached hydrogens (tertiary/aromatic N) is 1. The number of hydrogen-bond acceptors (Lipinski definition) is 3. The predicted octanol–water partition coefficient (Wildman–Crippen LogP) is 1.89. The van der Waals surface area contributed by atoms with Gasteiger partial charge in [0.15, 0.2) is 0 Å². The van der Waals surface area contributed by atoms with Crippen LogP contribution in [-0.4, -0.2) is 20.9 Å². The van der Waals surface area contributed by atoms with E-state index in [1.54, 1.807) is 17.3 Å². The maximum atomic E-state index is 8.36. The van der Waals surface area contributed by atoms with Crippen molar-refractivity contribution in [2.24, 2.45) is 0 Å². The van der Waals surface area contributed by atoms with E-state index in [4.69, 9.17) is 10.00 Å². The van der Waals surface area contributed by atoms with Gasteiger partial charge in [0.25, 0.3) is 0 Å². The molecular weight excluding hydrogens is 237 g/mol. The predicted molar refractivity (Wildman–Crippen MR) is 50.2 cm³/mol. The van der Waals surface area contributed by atoms with Crippen molar-refractivity contribution in [2.45, 2.75) is 4.90 Å². The summed E-state index contributed by atoms with van der Waals surface area (Å²) in [7, 11) is 3.23.